The fraction of sp³-hybridized carbons (Fsp3) is 0.903. The maximum atomic E-state index is 12.4. The minimum Gasteiger partial charge on any atom is -0.466 e. The summed E-state index contributed by atoms with van der Waals surface area (Å²) in [6, 6.07) is -0.628. The molecule has 6 nitrogen and oxygen atoms in total. The zero-order valence-electron chi connectivity index (χ0n) is 45.9. The van der Waals surface area contributed by atoms with Gasteiger partial charge in [-0.25, -0.2) is 0 Å². The van der Waals surface area contributed by atoms with E-state index in [4.69, 9.17) is 4.74 Å². The highest BCUT2D eigenvalue weighted by Gasteiger charge is 2.18. The first-order valence-electron chi connectivity index (χ1n) is 30.6. The maximum absolute atomic E-state index is 12.4. The van der Waals surface area contributed by atoms with E-state index in [0.29, 0.717) is 19.4 Å². The number of aliphatic hydroxyl groups excluding tert-OH is 2. The number of nitrogens with one attached hydrogen (secondary N) is 1. The van der Waals surface area contributed by atoms with Gasteiger partial charge in [0.2, 0.25) is 5.91 Å². The van der Waals surface area contributed by atoms with Gasteiger partial charge in [0.25, 0.3) is 0 Å². The highest BCUT2D eigenvalue weighted by atomic mass is 16.5. The fourth-order valence-corrected chi connectivity index (χ4v) is 9.51. The van der Waals surface area contributed by atoms with E-state index in [1.807, 2.05) is 6.08 Å². The van der Waals surface area contributed by atoms with E-state index in [1.165, 1.54) is 270 Å². The molecule has 0 rings (SSSR count). The minimum absolute atomic E-state index is 0.0154. The summed E-state index contributed by atoms with van der Waals surface area (Å²) in [6.45, 7) is 4.91. The lowest BCUT2D eigenvalue weighted by Gasteiger charge is -2.20. The highest BCUT2D eigenvalue weighted by molar-refractivity contribution is 5.76. The van der Waals surface area contributed by atoms with Crippen LogP contribution >= 0.6 is 0 Å². The quantitative estimate of drug-likeness (QED) is 0.0321. The van der Waals surface area contributed by atoms with Crippen molar-refractivity contribution in [2.75, 3.05) is 13.2 Å². The van der Waals surface area contributed by atoms with Crippen molar-refractivity contribution in [2.45, 2.75) is 347 Å². The molecule has 0 aromatic heterocycles. The summed E-state index contributed by atoms with van der Waals surface area (Å²) in [5, 5.41) is 23.0. The van der Waals surface area contributed by atoms with Gasteiger partial charge in [0.1, 0.15) is 0 Å². The summed E-state index contributed by atoms with van der Waals surface area (Å²) in [6.07, 6.45) is 70.8. The minimum atomic E-state index is -0.845. The van der Waals surface area contributed by atoms with Crippen molar-refractivity contribution >= 4 is 11.9 Å². The molecular weight excluding hydrogens is 839 g/mol. The Morgan fingerprint density at radius 3 is 1.04 bits per heavy atom. The number of esters is 1. The Kier molecular flexibility index (Phi) is 56.5. The van der Waals surface area contributed by atoms with E-state index in [0.717, 1.165) is 38.5 Å². The number of hydrogen-bond acceptors (Lipinski definition) is 5. The van der Waals surface area contributed by atoms with Crippen molar-refractivity contribution in [1.29, 1.82) is 0 Å². The Morgan fingerprint density at radius 1 is 0.397 bits per heavy atom. The lowest BCUT2D eigenvalue weighted by atomic mass is 10.0. The van der Waals surface area contributed by atoms with Crippen LogP contribution in [0.5, 0.6) is 0 Å². The molecule has 0 aromatic carbocycles. The molecule has 0 aliphatic carbocycles. The van der Waals surface area contributed by atoms with Gasteiger partial charge in [-0.2, -0.15) is 0 Å². The Balaban J connectivity index is 3.39. The predicted molar refractivity (Wildman–Crippen MR) is 296 cm³/mol. The maximum Gasteiger partial charge on any atom is 0.305 e. The van der Waals surface area contributed by atoms with E-state index in [1.54, 1.807) is 6.08 Å². The van der Waals surface area contributed by atoms with Crippen LogP contribution in [-0.4, -0.2) is 47.4 Å². The third kappa shape index (κ3) is 53.7. The van der Waals surface area contributed by atoms with Gasteiger partial charge in [0.05, 0.1) is 25.4 Å². The number of ether oxygens (including phenoxy) is 1. The summed E-state index contributed by atoms with van der Waals surface area (Å²) >= 11 is 0. The second-order valence-electron chi connectivity index (χ2n) is 21.0. The standard InChI is InChI=1S/C62H119NO5/c1-3-5-7-9-11-13-15-17-32-36-40-44-48-52-56-62(67)68-57-53-49-45-41-37-33-30-28-26-24-22-20-18-19-21-23-25-27-29-31-35-39-43-47-51-55-61(66)63-59(58-64)60(65)54-50-46-42-38-34-16-14-12-10-8-6-4-2/h19,21,50,54,59-60,64-65H,3-18,20,22-49,51-53,55-58H2,1-2H3,(H,63,66)/b21-19-,54-50+. The molecule has 2 atom stereocenters. The van der Waals surface area contributed by atoms with Crippen molar-refractivity contribution in [3.63, 3.8) is 0 Å². The molecule has 0 heterocycles. The van der Waals surface area contributed by atoms with E-state index >= 15 is 0 Å². The van der Waals surface area contributed by atoms with Gasteiger partial charge >= 0.3 is 5.97 Å². The average Bonchev–Trinajstić information content (AvgIpc) is 3.34. The van der Waals surface area contributed by atoms with Crippen LogP contribution in [0, 0.1) is 0 Å². The molecule has 0 aliphatic rings. The van der Waals surface area contributed by atoms with Gasteiger partial charge < -0.3 is 20.3 Å². The van der Waals surface area contributed by atoms with Gasteiger partial charge in [0, 0.05) is 12.8 Å². The second-order valence-corrected chi connectivity index (χ2v) is 21.0. The third-order valence-corrected chi connectivity index (χ3v) is 14.2. The monoisotopic (exact) mass is 958 g/mol. The number of carbonyl (C=O) groups excluding carboxylic acids is 2. The van der Waals surface area contributed by atoms with Crippen LogP contribution in [0.25, 0.3) is 0 Å². The van der Waals surface area contributed by atoms with Crippen LogP contribution in [0.1, 0.15) is 335 Å². The molecule has 0 aliphatic heterocycles. The van der Waals surface area contributed by atoms with Crippen molar-refractivity contribution in [3.05, 3.63) is 24.3 Å². The smallest absolute Gasteiger partial charge is 0.305 e. The number of amides is 1. The first-order valence-corrected chi connectivity index (χ1v) is 30.6. The van der Waals surface area contributed by atoms with E-state index in [-0.39, 0.29) is 18.5 Å². The molecule has 6 heteroatoms. The number of aliphatic hydroxyl groups is 2. The highest BCUT2D eigenvalue weighted by Crippen LogP contribution is 2.17. The van der Waals surface area contributed by atoms with Crippen LogP contribution in [0.3, 0.4) is 0 Å². The number of rotatable bonds is 57. The molecule has 402 valence electrons. The fourth-order valence-electron chi connectivity index (χ4n) is 9.51. The van der Waals surface area contributed by atoms with Gasteiger partial charge in [-0.05, 0) is 57.8 Å². The van der Waals surface area contributed by atoms with Gasteiger partial charge in [-0.15, -0.1) is 0 Å². The molecule has 0 bridgehead atoms. The molecule has 0 spiro atoms. The zero-order chi connectivity index (χ0) is 49.3. The lowest BCUT2D eigenvalue weighted by molar-refractivity contribution is -0.143. The largest absolute Gasteiger partial charge is 0.466 e. The topological polar surface area (TPSA) is 95.9 Å². The molecule has 0 aromatic rings. The number of unbranched alkanes of at least 4 members (excludes halogenated alkanes) is 44. The van der Waals surface area contributed by atoms with Crippen LogP contribution in [-0.2, 0) is 14.3 Å². The summed E-state index contributed by atoms with van der Waals surface area (Å²) in [7, 11) is 0. The number of carbonyl (C=O) groups is 2. The van der Waals surface area contributed by atoms with Crippen molar-refractivity contribution in [1.82, 2.24) is 5.32 Å². The molecule has 0 saturated heterocycles. The predicted octanol–water partition coefficient (Wildman–Crippen LogP) is 19.0. The molecule has 0 radical (unpaired) electrons. The van der Waals surface area contributed by atoms with Crippen LogP contribution < -0.4 is 5.32 Å². The van der Waals surface area contributed by atoms with Crippen molar-refractivity contribution in [3.8, 4) is 0 Å². The molecule has 3 N–H and O–H groups in total. The van der Waals surface area contributed by atoms with E-state index < -0.39 is 12.1 Å². The molecule has 1 amide bonds. The molecule has 0 saturated carbocycles. The lowest BCUT2D eigenvalue weighted by Crippen LogP contribution is -2.45. The molecule has 2 unspecified atom stereocenters. The van der Waals surface area contributed by atoms with E-state index in [2.05, 4.69) is 31.3 Å². The summed E-state index contributed by atoms with van der Waals surface area (Å²) < 4.78 is 5.48. The van der Waals surface area contributed by atoms with Crippen LogP contribution in [0.15, 0.2) is 24.3 Å². The molecule has 68 heavy (non-hydrogen) atoms. The van der Waals surface area contributed by atoms with E-state index in [9.17, 15) is 19.8 Å². The Morgan fingerprint density at radius 2 is 0.691 bits per heavy atom. The van der Waals surface area contributed by atoms with Gasteiger partial charge in [-0.3, -0.25) is 9.59 Å². The van der Waals surface area contributed by atoms with Crippen LogP contribution in [0.2, 0.25) is 0 Å². The normalized spacial score (nSPS) is 12.7. The first-order chi connectivity index (χ1) is 33.5. The first kappa shape index (κ1) is 66.3. The number of hydrogen-bond donors (Lipinski definition) is 3. The summed E-state index contributed by atoms with van der Waals surface area (Å²) in [5.41, 5.74) is 0. The SMILES string of the molecule is CCCCCCCCCCCC/C=C/C(O)C(CO)NC(=O)CCCCCCCCCCC/C=C\CCCCCCCCCCCCCCOC(=O)CCCCCCCCCCCCCCCC. The molecule has 0 fully saturated rings. The van der Waals surface area contributed by atoms with Crippen molar-refractivity contribution < 1.29 is 24.5 Å². The van der Waals surface area contributed by atoms with Crippen LogP contribution in [0.4, 0.5) is 0 Å². The Hall–Kier alpha value is -1.66. The van der Waals surface area contributed by atoms with Crippen molar-refractivity contribution in [2.24, 2.45) is 0 Å². The average molecular weight is 959 g/mol. The molecular formula is C62H119NO5. The summed E-state index contributed by atoms with van der Waals surface area (Å²) in [5.74, 6) is -0.0555. The second kappa shape index (κ2) is 57.9. The van der Waals surface area contributed by atoms with Gasteiger partial charge in [-0.1, -0.05) is 289 Å². The third-order valence-electron chi connectivity index (χ3n) is 14.2. The zero-order valence-corrected chi connectivity index (χ0v) is 45.9. The Labute approximate surface area is 424 Å². The van der Waals surface area contributed by atoms with Gasteiger partial charge in [0.15, 0.2) is 0 Å². The number of allylic oxidation sites excluding steroid dienone is 3. The summed E-state index contributed by atoms with van der Waals surface area (Å²) in [4.78, 5) is 24.5. The Bertz CT molecular complexity index is 1060.